The minimum Gasteiger partial charge on any atom is -0.494 e. The first-order valence-electron chi connectivity index (χ1n) is 9.31. The number of hydrogen-bond acceptors (Lipinski definition) is 5. The molecule has 0 saturated carbocycles. The molecular formula is C21H23N5O2. The highest BCUT2D eigenvalue weighted by Gasteiger charge is 2.25. The van der Waals surface area contributed by atoms with Gasteiger partial charge in [-0.2, -0.15) is 5.10 Å². The van der Waals surface area contributed by atoms with Crippen molar-refractivity contribution in [2.24, 2.45) is 0 Å². The zero-order valence-corrected chi connectivity index (χ0v) is 16.1. The second kappa shape index (κ2) is 7.72. The highest BCUT2D eigenvalue weighted by molar-refractivity contribution is 5.95. The Bertz CT molecular complexity index is 962. The summed E-state index contributed by atoms with van der Waals surface area (Å²) < 4.78 is 7.19. The number of aromatic nitrogens is 3. The van der Waals surface area contributed by atoms with E-state index in [2.05, 4.69) is 15.0 Å². The number of ether oxygens (including phenoxy) is 1. The molecule has 7 heteroatoms. The van der Waals surface area contributed by atoms with Crippen molar-refractivity contribution < 1.29 is 9.53 Å². The van der Waals surface area contributed by atoms with E-state index in [-0.39, 0.29) is 5.91 Å². The molecule has 1 amide bonds. The van der Waals surface area contributed by atoms with E-state index < -0.39 is 0 Å². The van der Waals surface area contributed by atoms with E-state index in [0.717, 1.165) is 35.9 Å². The molecular weight excluding hydrogens is 354 g/mol. The Labute approximate surface area is 164 Å². The van der Waals surface area contributed by atoms with Gasteiger partial charge in [0.1, 0.15) is 11.4 Å². The molecule has 2 aromatic heterocycles. The topological polar surface area (TPSA) is 63.5 Å². The van der Waals surface area contributed by atoms with Crippen LogP contribution < -0.4 is 9.64 Å². The molecule has 1 aliphatic heterocycles. The summed E-state index contributed by atoms with van der Waals surface area (Å²) in [5.41, 5.74) is 3.40. The van der Waals surface area contributed by atoms with Crippen molar-refractivity contribution in [1.82, 2.24) is 19.7 Å². The average molecular weight is 377 g/mol. The fourth-order valence-corrected chi connectivity index (χ4v) is 3.56. The van der Waals surface area contributed by atoms with Gasteiger partial charge in [-0.3, -0.25) is 9.78 Å². The smallest absolute Gasteiger partial charge is 0.257 e. The zero-order chi connectivity index (χ0) is 19.5. The van der Waals surface area contributed by atoms with Gasteiger partial charge in [-0.1, -0.05) is 12.1 Å². The van der Waals surface area contributed by atoms with Crippen molar-refractivity contribution in [3.63, 3.8) is 0 Å². The summed E-state index contributed by atoms with van der Waals surface area (Å²) in [6.07, 6.45) is 5.24. The second-order valence-corrected chi connectivity index (χ2v) is 6.71. The molecule has 0 atom stereocenters. The fraction of sp³-hybridized carbons (Fsp3) is 0.286. The lowest BCUT2D eigenvalue weighted by atomic mass is 10.2. The largest absolute Gasteiger partial charge is 0.494 e. The van der Waals surface area contributed by atoms with Gasteiger partial charge in [-0.05, 0) is 31.2 Å². The lowest BCUT2D eigenvalue weighted by molar-refractivity contribution is 0.0746. The average Bonchev–Trinajstić information content (AvgIpc) is 3.15. The molecule has 1 aliphatic rings. The van der Waals surface area contributed by atoms with Crippen molar-refractivity contribution in [3.8, 4) is 11.4 Å². The van der Waals surface area contributed by atoms with Gasteiger partial charge in [0.2, 0.25) is 0 Å². The summed E-state index contributed by atoms with van der Waals surface area (Å²) in [6.45, 7) is 4.88. The molecule has 7 nitrogen and oxygen atoms in total. The number of pyridine rings is 1. The molecule has 28 heavy (non-hydrogen) atoms. The van der Waals surface area contributed by atoms with Crippen LogP contribution in [0.3, 0.4) is 0 Å². The number of benzene rings is 1. The first-order valence-corrected chi connectivity index (χ1v) is 9.31. The maximum absolute atomic E-state index is 13.1. The molecule has 1 saturated heterocycles. The van der Waals surface area contributed by atoms with Crippen LogP contribution in [0.1, 0.15) is 16.1 Å². The van der Waals surface area contributed by atoms with Gasteiger partial charge in [0.15, 0.2) is 0 Å². The maximum Gasteiger partial charge on any atom is 0.257 e. The Morgan fingerprint density at radius 2 is 1.75 bits per heavy atom. The van der Waals surface area contributed by atoms with E-state index in [1.54, 1.807) is 30.4 Å². The summed E-state index contributed by atoms with van der Waals surface area (Å²) in [6, 6.07) is 11.7. The monoisotopic (exact) mass is 377 g/mol. The number of piperazine rings is 1. The van der Waals surface area contributed by atoms with Gasteiger partial charge in [0.05, 0.1) is 24.6 Å². The Kier molecular flexibility index (Phi) is 4.97. The minimum absolute atomic E-state index is 0.0213. The van der Waals surface area contributed by atoms with E-state index in [9.17, 15) is 4.79 Å². The molecule has 1 fully saturated rings. The molecule has 3 heterocycles. The molecule has 0 aliphatic carbocycles. The molecule has 0 bridgehead atoms. The lowest BCUT2D eigenvalue weighted by Crippen LogP contribution is -2.48. The predicted octanol–water partition coefficient (Wildman–Crippen LogP) is 2.55. The normalized spacial score (nSPS) is 14.2. The number of amides is 1. The third kappa shape index (κ3) is 3.31. The van der Waals surface area contributed by atoms with E-state index in [1.165, 1.54) is 0 Å². The molecule has 0 unspecified atom stereocenters. The van der Waals surface area contributed by atoms with E-state index in [4.69, 9.17) is 4.74 Å². The van der Waals surface area contributed by atoms with Crippen molar-refractivity contribution in [2.45, 2.75) is 6.92 Å². The number of rotatable bonds is 4. The van der Waals surface area contributed by atoms with Crippen LogP contribution >= 0.6 is 0 Å². The van der Waals surface area contributed by atoms with Crippen LogP contribution in [0, 0.1) is 6.92 Å². The van der Waals surface area contributed by atoms with Crippen molar-refractivity contribution in [3.05, 3.63) is 66.2 Å². The highest BCUT2D eigenvalue weighted by Crippen LogP contribution is 2.25. The van der Waals surface area contributed by atoms with Gasteiger partial charge in [-0.25, -0.2) is 4.68 Å². The number of carbonyl (C=O) groups is 1. The Hall–Kier alpha value is -3.35. The molecule has 4 rings (SSSR count). The summed E-state index contributed by atoms with van der Waals surface area (Å²) in [5.74, 6) is 0.742. The van der Waals surface area contributed by atoms with Crippen LogP contribution in [0.4, 0.5) is 5.69 Å². The van der Waals surface area contributed by atoms with Gasteiger partial charge < -0.3 is 14.5 Å². The first kappa shape index (κ1) is 18.0. The van der Waals surface area contributed by atoms with Crippen LogP contribution in [-0.4, -0.2) is 58.9 Å². The molecule has 0 N–H and O–H groups in total. The third-order valence-corrected chi connectivity index (χ3v) is 5.15. The van der Waals surface area contributed by atoms with Crippen LogP contribution in [-0.2, 0) is 0 Å². The summed E-state index contributed by atoms with van der Waals surface area (Å²) in [7, 11) is 1.63. The SMILES string of the molecule is COc1ccccc1-n1ncc(C(=O)N2CCN(c3ccncc3)CC2)c1C. The number of methoxy groups -OCH3 is 1. The zero-order valence-electron chi connectivity index (χ0n) is 16.1. The maximum atomic E-state index is 13.1. The third-order valence-electron chi connectivity index (χ3n) is 5.15. The molecule has 3 aromatic rings. The van der Waals surface area contributed by atoms with Crippen LogP contribution in [0.5, 0.6) is 5.75 Å². The van der Waals surface area contributed by atoms with Crippen LogP contribution in [0.15, 0.2) is 55.0 Å². The Morgan fingerprint density at radius 3 is 2.46 bits per heavy atom. The first-order chi connectivity index (χ1) is 13.7. The van der Waals surface area contributed by atoms with Gasteiger partial charge in [0.25, 0.3) is 5.91 Å². The summed E-state index contributed by atoms with van der Waals surface area (Å²) in [4.78, 5) is 21.3. The molecule has 144 valence electrons. The number of hydrogen-bond donors (Lipinski definition) is 0. The number of para-hydroxylation sites is 2. The van der Waals surface area contributed by atoms with E-state index >= 15 is 0 Å². The molecule has 0 radical (unpaired) electrons. The van der Waals surface area contributed by atoms with E-state index in [1.807, 2.05) is 48.2 Å². The number of anilines is 1. The van der Waals surface area contributed by atoms with Gasteiger partial charge >= 0.3 is 0 Å². The lowest BCUT2D eigenvalue weighted by Gasteiger charge is -2.36. The minimum atomic E-state index is 0.0213. The summed E-state index contributed by atoms with van der Waals surface area (Å²) in [5, 5.41) is 4.44. The van der Waals surface area contributed by atoms with Crippen molar-refractivity contribution in [1.29, 1.82) is 0 Å². The highest BCUT2D eigenvalue weighted by atomic mass is 16.5. The standard InChI is InChI=1S/C21H23N5O2/c1-16-18(15-23-26(16)19-5-3-4-6-20(19)28-2)21(27)25-13-11-24(12-14-25)17-7-9-22-10-8-17/h3-10,15H,11-14H2,1-2H3. The van der Waals surface area contributed by atoms with Gasteiger partial charge in [0, 0.05) is 44.3 Å². The van der Waals surface area contributed by atoms with Gasteiger partial charge in [-0.15, -0.1) is 0 Å². The van der Waals surface area contributed by atoms with Crippen LogP contribution in [0.25, 0.3) is 5.69 Å². The van der Waals surface area contributed by atoms with Crippen molar-refractivity contribution in [2.75, 3.05) is 38.2 Å². The summed E-state index contributed by atoms with van der Waals surface area (Å²) >= 11 is 0. The Morgan fingerprint density at radius 1 is 1.04 bits per heavy atom. The predicted molar refractivity (Wildman–Crippen MR) is 107 cm³/mol. The van der Waals surface area contributed by atoms with E-state index in [0.29, 0.717) is 18.7 Å². The quantitative estimate of drug-likeness (QED) is 0.699. The number of nitrogens with zero attached hydrogens (tertiary/aromatic N) is 5. The van der Waals surface area contributed by atoms with Crippen LogP contribution in [0.2, 0.25) is 0 Å². The fourth-order valence-electron chi connectivity index (χ4n) is 3.56. The molecule has 0 spiro atoms. The van der Waals surface area contributed by atoms with Crippen molar-refractivity contribution >= 4 is 11.6 Å². The Balaban J connectivity index is 1.50. The second-order valence-electron chi connectivity index (χ2n) is 6.71. The number of carbonyl (C=O) groups excluding carboxylic acids is 1. The molecule has 1 aromatic carbocycles.